The maximum Gasteiger partial charge on any atom is 0.126 e. The molecule has 4 nitrogen and oxygen atoms in total. The second kappa shape index (κ2) is 5.88. The molecule has 19 heavy (non-hydrogen) atoms. The molecule has 0 unspecified atom stereocenters. The number of hydrogen-bond acceptors (Lipinski definition) is 4. The van der Waals surface area contributed by atoms with Gasteiger partial charge in [-0.15, -0.1) is 0 Å². The Hall–Kier alpha value is -1.13. The van der Waals surface area contributed by atoms with Crippen molar-refractivity contribution < 1.29 is 5.11 Å². The standard InChI is InChI=1S/C15H25N3O/c1-12(2)11-18-8-5-15(19,6-9-18)10-13-4-3-7-17-14(13)16/h3-4,7,12,19H,5-6,8-11H2,1-2H3,(H2,16,17). The number of hydrogen-bond donors (Lipinski definition) is 2. The number of pyridine rings is 1. The Kier molecular flexibility index (Phi) is 4.42. The Morgan fingerprint density at radius 2 is 2.11 bits per heavy atom. The third kappa shape index (κ3) is 3.91. The van der Waals surface area contributed by atoms with Gasteiger partial charge in [-0.3, -0.25) is 0 Å². The van der Waals surface area contributed by atoms with Crippen molar-refractivity contribution in [1.29, 1.82) is 0 Å². The van der Waals surface area contributed by atoms with Crippen LogP contribution in [0.2, 0.25) is 0 Å². The molecule has 0 aromatic carbocycles. The van der Waals surface area contributed by atoms with Gasteiger partial charge >= 0.3 is 0 Å². The van der Waals surface area contributed by atoms with Gasteiger partial charge in [0.05, 0.1) is 5.60 Å². The first-order valence-electron chi connectivity index (χ1n) is 7.13. The molecule has 1 aliphatic rings. The minimum atomic E-state index is -0.620. The van der Waals surface area contributed by atoms with Crippen molar-refractivity contribution in [3.05, 3.63) is 23.9 Å². The minimum absolute atomic E-state index is 0.542. The number of aliphatic hydroxyl groups is 1. The third-order valence-electron chi connectivity index (χ3n) is 3.86. The summed E-state index contributed by atoms with van der Waals surface area (Å²) in [4.78, 5) is 6.52. The second-order valence-electron chi connectivity index (χ2n) is 6.14. The number of likely N-dealkylation sites (tertiary alicyclic amines) is 1. The fraction of sp³-hybridized carbons (Fsp3) is 0.667. The molecule has 0 atom stereocenters. The van der Waals surface area contributed by atoms with E-state index in [2.05, 4.69) is 23.7 Å². The smallest absolute Gasteiger partial charge is 0.126 e. The molecule has 0 bridgehead atoms. The molecule has 0 radical (unpaired) electrons. The lowest BCUT2D eigenvalue weighted by Crippen LogP contribution is -2.46. The molecule has 4 heteroatoms. The van der Waals surface area contributed by atoms with Crippen LogP contribution in [0.5, 0.6) is 0 Å². The van der Waals surface area contributed by atoms with Crippen LogP contribution in [0.3, 0.4) is 0 Å². The number of aromatic nitrogens is 1. The van der Waals surface area contributed by atoms with Crippen LogP contribution in [0.1, 0.15) is 32.3 Å². The SMILES string of the molecule is CC(C)CN1CCC(O)(Cc2cccnc2N)CC1. The molecule has 0 aliphatic carbocycles. The highest BCUT2D eigenvalue weighted by Crippen LogP contribution is 2.28. The van der Waals surface area contributed by atoms with E-state index in [0.717, 1.165) is 38.0 Å². The number of piperidine rings is 1. The lowest BCUT2D eigenvalue weighted by atomic mass is 9.85. The van der Waals surface area contributed by atoms with Gasteiger partial charge in [0, 0.05) is 32.3 Å². The van der Waals surface area contributed by atoms with Crippen molar-refractivity contribution in [2.75, 3.05) is 25.4 Å². The number of nitrogens with two attached hydrogens (primary N) is 1. The van der Waals surface area contributed by atoms with E-state index in [4.69, 9.17) is 5.73 Å². The Balaban J connectivity index is 1.93. The minimum Gasteiger partial charge on any atom is -0.389 e. The molecule has 2 rings (SSSR count). The molecule has 106 valence electrons. The van der Waals surface area contributed by atoms with Crippen LogP contribution in [0.25, 0.3) is 0 Å². The molecular formula is C15H25N3O. The maximum atomic E-state index is 10.7. The van der Waals surface area contributed by atoms with E-state index in [1.165, 1.54) is 0 Å². The van der Waals surface area contributed by atoms with E-state index < -0.39 is 5.60 Å². The largest absolute Gasteiger partial charge is 0.389 e. The summed E-state index contributed by atoms with van der Waals surface area (Å²) in [6.07, 6.45) is 3.93. The van der Waals surface area contributed by atoms with Crippen LogP contribution < -0.4 is 5.73 Å². The zero-order valence-electron chi connectivity index (χ0n) is 12.0. The van der Waals surface area contributed by atoms with E-state index in [0.29, 0.717) is 18.2 Å². The van der Waals surface area contributed by atoms with Crippen molar-refractivity contribution in [2.24, 2.45) is 5.92 Å². The molecule has 0 amide bonds. The fourth-order valence-corrected chi connectivity index (χ4v) is 2.80. The van der Waals surface area contributed by atoms with E-state index in [9.17, 15) is 5.11 Å². The summed E-state index contributed by atoms with van der Waals surface area (Å²) in [6, 6.07) is 3.84. The van der Waals surface area contributed by atoms with E-state index in [-0.39, 0.29) is 0 Å². The maximum absolute atomic E-state index is 10.7. The van der Waals surface area contributed by atoms with Crippen molar-refractivity contribution in [2.45, 2.75) is 38.7 Å². The Bertz CT molecular complexity index is 412. The normalized spacial score (nSPS) is 19.8. The van der Waals surface area contributed by atoms with Crippen LogP contribution >= 0.6 is 0 Å². The Labute approximate surface area is 115 Å². The Morgan fingerprint density at radius 3 is 2.68 bits per heavy atom. The predicted molar refractivity (Wildman–Crippen MR) is 77.8 cm³/mol. The van der Waals surface area contributed by atoms with Crippen molar-refractivity contribution >= 4 is 5.82 Å². The Morgan fingerprint density at radius 1 is 1.42 bits per heavy atom. The van der Waals surface area contributed by atoms with Crippen LogP contribution in [-0.4, -0.2) is 40.2 Å². The first-order chi connectivity index (χ1) is 8.98. The first kappa shape index (κ1) is 14.3. The zero-order chi connectivity index (χ0) is 13.9. The summed E-state index contributed by atoms with van der Waals surface area (Å²) in [5.41, 5.74) is 6.20. The lowest BCUT2D eigenvalue weighted by Gasteiger charge is -2.39. The van der Waals surface area contributed by atoms with Gasteiger partial charge in [0.25, 0.3) is 0 Å². The van der Waals surface area contributed by atoms with Gasteiger partial charge < -0.3 is 15.7 Å². The van der Waals surface area contributed by atoms with Gasteiger partial charge in [0.1, 0.15) is 5.82 Å². The second-order valence-corrected chi connectivity index (χ2v) is 6.14. The summed E-state index contributed by atoms with van der Waals surface area (Å²) in [5, 5.41) is 10.7. The molecule has 1 aliphatic heterocycles. The van der Waals surface area contributed by atoms with E-state index in [1.807, 2.05) is 12.1 Å². The summed E-state index contributed by atoms with van der Waals surface area (Å²) in [7, 11) is 0. The van der Waals surface area contributed by atoms with E-state index in [1.54, 1.807) is 6.20 Å². The zero-order valence-corrected chi connectivity index (χ0v) is 12.0. The quantitative estimate of drug-likeness (QED) is 0.868. The average molecular weight is 263 g/mol. The van der Waals surface area contributed by atoms with Gasteiger partial charge in [-0.1, -0.05) is 19.9 Å². The highest BCUT2D eigenvalue weighted by molar-refractivity contribution is 5.39. The molecule has 2 heterocycles. The van der Waals surface area contributed by atoms with Gasteiger partial charge in [-0.2, -0.15) is 0 Å². The van der Waals surface area contributed by atoms with Crippen molar-refractivity contribution in [3.63, 3.8) is 0 Å². The van der Waals surface area contributed by atoms with Crippen LogP contribution in [-0.2, 0) is 6.42 Å². The predicted octanol–water partition coefficient (Wildman–Crippen LogP) is 1.69. The number of nitrogens with zero attached hydrogens (tertiary/aromatic N) is 2. The van der Waals surface area contributed by atoms with Crippen LogP contribution in [0.4, 0.5) is 5.82 Å². The lowest BCUT2D eigenvalue weighted by molar-refractivity contribution is -0.0226. The molecular weight excluding hydrogens is 238 g/mol. The number of nitrogen functional groups attached to an aromatic ring is 1. The summed E-state index contributed by atoms with van der Waals surface area (Å²) >= 11 is 0. The molecule has 1 fully saturated rings. The van der Waals surface area contributed by atoms with Crippen LogP contribution in [0.15, 0.2) is 18.3 Å². The summed E-state index contributed by atoms with van der Waals surface area (Å²) < 4.78 is 0. The van der Waals surface area contributed by atoms with Crippen molar-refractivity contribution in [1.82, 2.24) is 9.88 Å². The first-order valence-corrected chi connectivity index (χ1v) is 7.13. The molecule has 1 aromatic heterocycles. The fourth-order valence-electron chi connectivity index (χ4n) is 2.80. The monoisotopic (exact) mass is 263 g/mol. The average Bonchev–Trinajstić information content (AvgIpc) is 2.35. The number of rotatable bonds is 4. The molecule has 3 N–H and O–H groups in total. The summed E-state index contributed by atoms with van der Waals surface area (Å²) in [5.74, 6) is 1.22. The highest BCUT2D eigenvalue weighted by Gasteiger charge is 2.33. The van der Waals surface area contributed by atoms with Gasteiger partial charge in [-0.25, -0.2) is 4.98 Å². The van der Waals surface area contributed by atoms with Crippen LogP contribution in [0, 0.1) is 5.92 Å². The molecule has 0 saturated carbocycles. The van der Waals surface area contributed by atoms with Crippen molar-refractivity contribution in [3.8, 4) is 0 Å². The van der Waals surface area contributed by atoms with Gasteiger partial charge in [0.2, 0.25) is 0 Å². The highest BCUT2D eigenvalue weighted by atomic mass is 16.3. The van der Waals surface area contributed by atoms with Gasteiger partial charge in [0.15, 0.2) is 0 Å². The number of anilines is 1. The topological polar surface area (TPSA) is 62.4 Å². The van der Waals surface area contributed by atoms with E-state index >= 15 is 0 Å². The molecule has 1 aromatic rings. The molecule has 1 saturated heterocycles. The summed E-state index contributed by atoms with van der Waals surface area (Å²) in [6.45, 7) is 7.52. The third-order valence-corrected chi connectivity index (χ3v) is 3.86. The van der Waals surface area contributed by atoms with Gasteiger partial charge in [-0.05, 0) is 30.4 Å². The molecule has 0 spiro atoms.